The fraction of sp³-hybridized carbons (Fsp3) is 0. The Kier molecular flexibility index (Phi) is 3.52. The van der Waals surface area contributed by atoms with Crippen LogP contribution in [-0.2, 0) is 9.59 Å². The van der Waals surface area contributed by atoms with Crippen LogP contribution in [0.15, 0.2) is 28.2 Å². The number of carbonyl (C=O) groups excluding carboxylic acids is 2. The molecule has 0 aliphatic carbocycles. The Morgan fingerprint density at radius 2 is 1.46 bits per heavy atom. The molecule has 5 heteroatoms. The maximum Gasteiger partial charge on any atom is 0.240 e. The van der Waals surface area contributed by atoms with Crippen molar-refractivity contribution in [1.29, 1.82) is 0 Å². The predicted molar refractivity (Wildman–Crippen MR) is 54.7 cm³/mol. The first kappa shape index (κ1) is 9.80. The van der Waals surface area contributed by atoms with E-state index in [0.717, 1.165) is 3.57 Å². The number of nitrogens with zero attached hydrogens (tertiary/aromatic N) is 2. The van der Waals surface area contributed by atoms with Crippen molar-refractivity contribution in [3.63, 3.8) is 0 Å². The van der Waals surface area contributed by atoms with Crippen LogP contribution in [-0.4, -0.2) is 12.2 Å². The summed E-state index contributed by atoms with van der Waals surface area (Å²) in [6.45, 7) is 0. The van der Waals surface area contributed by atoms with Crippen LogP contribution in [0.3, 0.4) is 0 Å². The molecule has 0 heterocycles. The topological polar surface area (TPSA) is 58.9 Å². The minimum Gasteiger partial charge on any atom is -0.211 e. The van der Waals surface area contributed by atoms with Gasteiger partial charge in [0.05, 0.1) is 11.4 Å². The van der Waals surface area contributed by atoms with Crippen molar-refractivity contribution >= 4 is 46.1 Å². The van der Waals surface area contributed by atoms with Crippen LogP contribution >= 0.6 is 22.6 Å². The van der Waals surface area contributed by atoms with Gasteiger partial charge in [0, 0.05) is 3.57 Å². The molecule has 0 unspecified atom stereocenters. The lowest BCUT2D eigenvalue weighted by Gasteiger charge is -1.94. The SMILES string of the molecule is O=C=Nc1cc(I)cc(N=C=O)c1. The maximum atomic E-state index is 9.95. The molecule has 0 aromatic heterocycles. The van der Waals surface area contributed by atoms with Crippen molar-refractivity contribution in [3.05, 3.63) is 21.8 Å². The fourth-order valence-corrected chi connectivity index (χ4v) is 1.43. The van der Waals surface area contributed by atoms with Gasteiger partial charge in [-0.15, -0.1) is 0 Å². The molecular weight excluding hydrogens is 283 g/mol. The van der Waals surface area contributed by atoms with E-state index < -0.39 is 0 Å². The van der Waals surface area contributed by atoms with E-state index >= 15 is 0 Å². The summed E-state index contributed by atoms with van der Waals surface area (Å²) in [5.41, 5.74) is 0.854. The Morgan fingerprint density at radius 3 is 1.85 bits per heavy atom. The molecule has 4 nitrogen and oxygen atoms in total. The zero-order chi connectivity index (χ0) is 9.68. The third kappa shape index (κ3) is 2.91. The molecule has 0 spiro atoms. The normalized spacial score (nSPS) is 8.38. The maximum absolute atomic E-state index is 9.95. The van der Waals surface area contributed by atoms with Crippen molar-refractivity contribution in [3.8, 4) is 0 Å². The molecule has 0 saturated heterocycles. The van der Waals surface area contributed by atoms with Crippen LogP contribution in [0.4, 0.5) is 11.4 Å². The number of isocyanates is 2. The van der Waals surface area contributed by atoms with E-state index in [4.69, 9.17) is 0 Å². The van der Waals surface area contributed by atoms with Crippen molar-refractivity contribution in [2.24, 2.45) is 9.98 Å². The van der Waals surface area contributed by atoms with Crippen LogP contribution < -0.4 is 0 Å². The lowest BCUT2D eigenvalue weighted by Crippen LogP contribution is -1.71. The van der Waals surface area contributed by atoms with Gasteiger partial charge in [0.1, 0.15) is 0 Å². The van der Waals surface area contributed by atoms with Gasteiger partial charge in [-0.1, -0.05) is 0 Å². The molecule has 13 heavy (non-hydrogen) atoms. The first-order valence-electron chi connectivity index (χ1n) is 3.22. The molecule has 1 aromatic rings. The van der Waals surface area contributed by atoms with Crippen molar-refractivity contribution < 1.29 is 9.59 Å². The summed E-state index contributed by atoms with van der Waals surface area (Å²) < 4.78 is 0.836. The van der Waals surface area contributed by atoms with Gasteiger partial charge >= 0.3 is 0 Å². The highest BCUT2D eigenvalue weighted by atomic mass is 127. The highest BCUT2D eigenvalue weighted by Crippen LogP contribution is 2.23. The zero-order valence-corrected chi connectivity index (χ0v) is 8.48. The summed E-state index contributed by atoms with van der Waals surface area (Å²) in [6.07, 6.45) is 2.82. The Hall–Kier alpha value is -1.29. The molecule has 0 amide bonds. The third-order valence-corrected chi connectivity index (χ3v) is 1.84. The number of halogens is 1. The van der Waals surface area contributed by atoms with Crippen LogP contribution in [0.2, 0.25) is 0 Å². The minimum absolute atomic E-state index is 0.427. The molecule has 0 radical (unpaired) electrons. The molecule has 1 aromatic carbocycles. The number of hydrogen-bond acceptors (Lipinski definition) is 4. The lowest BCUT2D eigenvalue weighted by atomic mass is 10.3. The highest BCUT2D eigenvalue weighted by Gasteiger charge is 1.96. The van der Waals surface area contributed by atoms with Gasteiger partial charge in [0.2, 0.25) is 12.2 Å². The predicted octanol–water partition coefficient (Wildman–Crippen LogP) is 2.23. The average Bonchev–Trinajstić information content (AvgIpc) is 2.04. The lowest BCUT2D eigenvalue weighted by molar-refractivity contribution is 0.565. The van der Waals surface area contributed by atoms with Gasteiger partial charge in [-0.2, -0.15) is 9.98 Å². The molecule has 0 saturated carbocycles. The molecule has 0 aliphatic heterocycles. The summed E-state index contributed by atoms with van der Waals surface area (Å²) >= 11 is 2.03. The smallest absolute Gasteiger partial charge is 0.211 e. The van der Waals surface area contributed by atoms with Gasteiger partial charge in [-0.25, -0.2) is 9.59 Å². The minimum atomic E-state index is 0.427. The second-order valence-electron chi connectivity index (χ2n) is 2.07. The third-order valence-electron chi connectivity index (χ3n) is 1.22. The van der Waals surface area contributed by atoms with Crippen molar-refractivity contribution in [2.75, 3.05) is 0 Å². The van der Waals surface area contributed by atoms with E-state index in [1.54, 1.807) is 12.1 Å². The number of benzene rings is 1. The summed E-state index contributed by atoms with van der Waals surface area (Å²) in [6, 6.07) is 4.85. The molecule has 0 atom stereocenters. The van der Waals surface area contributed by atoms with E-state index in [1.807, 2.05) is 22.6 Å². The molecule has 0 aliphatic rings. The van der Waals surface area contributed by atoms with E-state index in [-0.39, 0.29) is 0 Å². The van der Waals surface area contributed by atoms with Crippen molar-refractivity contribution in [1.82, 2.24) is 0 Å². The van der Waals surface area contributed by atoms with Crippen LogP contribution in [0.25, 0.3) is 0 Å². The van der Waals surface area contributed by atoms with Gasteiger partial charge in [-0.3, -0.25) is 0 Å². The standard InChI is InChI=1S/C8H3IN2O2/c9-6-1-7(10-4-12)3-8(2-6)11-5-13/h1-3H. The summed E-state index contributed by atoms with van der Waals surface area (Å²) in [5, 5.41) is 0. The summed E-state index contributed by atoms with van der Waals surface area (Å²) in [5.74, 6) is 0. The van der Waals surface area contributed by atoms with E-state index in [0.29, 0.717) is 11.4 Å². The average molecular weight is 286 g/mol. The van der Waals surface area contributed by atoms with Crippen LogP contribution in [0.5, 0.6) is 0 Å². The Bertz CT molecular complexity index is 382. The van der Waals surface area contributed by atoms with Gasteiger partial charge in [0.25, 0.3) is 0 Å². The molecule has 64 valence electrons. The van der Waals surface area contributed by atoms with Crippen LogP contribution in [0, 0.1) is 3.57 Å². The molecule has 0 fully saturated rings. The second-order valence-corrected chi connectivity index (χ2v) is 3.32. The number of rotatable bonds is 2. The zero-order valence-electron chi connectivity index (χ0n) is 6.32. The highest BCUT2D eigenvalue weighted by molar-refractivity contribution is 14.1. The number of hydrogen-bond donors (Lipinski definition) is 0. The molecule has 0 N–H and O–H groups in total. The summed E-state index contributed by atoms with van der Waals surface area (Å²) in [4.78, 5) is 26.7. The first-order chi connectivity index (χ1) is 6.26. The Morgan fingerprint density at radius 1 is 1.00 bits per heavy atom. The molecule has 1 rings (SSSR count). The fourth-order valence-electron chi connectivity index (χ4n) is 0.794. The second kappa shape index (κ2) is 4.67. The first-order valence-corrected chi connectivity index (χ1v) is 4.30. The van der Waals surface area contributed by atoms with E-state index in [9.17, 15) is 9.59 Å². The van der Waals surface area contributed by atoms with Gasteiger partial charge < -0.3 is 0 Å². The Balaban J connectivity index is 3.25. The van der Waals surface area contributed by atoms with Gasteiger partial charge in [-0.05, 0) is 40.8 Å². The quantitative estimate of drug-likeness (QED) is 0.475. The van der Waals surface area contributed by atoms with E-state index in [2.05, 4.69) is 9.98 Å². The van der Waals surface area contributed by atoms with Crippen molar-refractivity contribution in [2.45, 2.75) is 0 Å². The van der Waals surface area contributed by atoms with E-state index in [1.165, 1.54) is 18.2 Å². The monoisotopic (exact) mass is 286 g/mol. The molecule has 0 bridgehead atoms. The largest absolute Gasteiger partial charge is 0.240 e. The molecular formula is C8H3IN2O2. The van der Waals surface area contributed by atoms with Crippen LogP contribution in [0.1, 0.15) is 0 Å². The Labute approximate surface area is 87.5 Å². The number of aliphatic imine (C=N–C) groups is 2. The summed E-state index contributed by atoms with van der Waals surface area (Å²) in [7, 11) is 0. The van der Waals surface area contributed by atoms with Gasteiger partial charge in [0.15, 0.2) is 0 Å².